The second kappa shape index (κ2) is 7.79. The average molecular weight is 342 g/mol. The van der Waals surface area contributed by atoms with Gasteiger partial charge in [-0.3, -0.25) is 10.1 Å². The molecule has 0 aliphatic rings. The summed E-state index contributed by atoms with van der Waals surface area (Å²) >= 11 is 0. The van der Waals surface area contributed by atoms with Gasteiger partial charge < -0.3 is 10.1 Å². The standard InChI is InChI=1S/C19H22N2O4/c1-19(2,3)25-18(22)20-16(14-10-6-4-7-11-14)17(21(23)24)15-12-8-5-9-13-15/h4-13,16-17H,1-3H3,(H,20,22)/t16-,17+/m0/s1. The summed E-state index contributed by atoms with van der Waals surface area (Å²) in [6.45, 7) is 5.23. The molecule has 0 saturated heterocycles. The summed E-state index contributed by atoms with van der Waals surface area (Å²) in [5.41, 5.74) is 0.457. The maximum atomic E-state index is 12.2. The number of alkyl carbamates (subject to hydrolysis) is 1. The van der Waals surface area contributed by atoms with E-state index in [0.29, 0.717) is 11.1 Å². The molecule has 0 radical (unpaired) electrons. The second-order valence-electron chi connectivity index (χ2n) is 6.68. The van der Waals surface area contributed by atoms with Crippen LogP contribution in [-0.2, 0) is 4.74 Å². The van der Waals surface area contributed by atoms with Crippen LogP contribution >= 0.6 is 0 Å². The van der Waals surface area contributed by atoms with E-state index < -0.39 is 23.8 Å². The summed E-state index contributed by atoms with van der Waals surface area (Å²) in [5, 5.41) is 14.5. The van der Waals surface area contributed by atoms with Crippen LogP contribution in [0.2, 0.25) is 0 Å². The molecule has 1 N–H and O–H groups in total. The molecule has 1 amide bonds. The Balaban J connectivity index is 2.39. The van der Waals surface area contributed by atoms with E-state index in [1.54, 1.807) is 75.4 Å². The molecule has 0 aliphatic heterocycles. The van der Waals surface area contributed by atoms with Crippen LogP contribution in [0.3, 0.4) is 0 Å². The molecule has 0 saturated carbocycles. The number of carbonyl (C=O) groups is 1. The third kappa shape index (κ3) is 5.31. The lowest BCUT2D eigenvalue weighted by atomic mass is 9.94. The van der Waals surface area contributed by atoms with Gasteiger partial charge in [0.05, 0.1) is 0 Å². The molecule has 25 heavy (non-hydrogen) atoms. The van der Waals surface area contributed by atoms with Crippen molar-refractivity contribution in [2.75, 3.05) is 0 Å². The third-order valence-electron chi connectivity index (χ3n) is 3.51. The first-order valence-electron chi connectivity index (χ1n) is 8.01. The Morgan fingerprint density at radius 2 is 1.48 bits per heavy atom. The molecule has 0 aliphatic carbocycles. The molecule has 6 heteroatoms. The number of hydrogen-bond donors (Lipinski definition) is 1. The fourth-order valence-corrected chi connectivity index (χ4v) is 2.53. The van der Waals surface area contributed by atoms with Gasteiger partial charge in [-0.15, -0.1) is 0 Å². The lowest BCUT2D eigenvalue weighted by Crippen LogP contribution is -2.39. The van der Waals surface area contributed by atoms with Gasteiger partial charge in [0.15, 0.2) is 0 Å². The summed E-state index contributed by atoms with van der Waals surface area (Å²) < 4.78 is 5.28. The summed E-state index contributed by atoms with van der Waals surface area (Å²) in [6, 6.07) is 15.5. The Kier molecular flexibility index (Phi) is 5.75. The summed E-state index contributed by atoms with van der Waals surface area (Å²) in [6.07, 6.45) is -0.691. The number of nitrogens with zero attached hydrogens (tertiary/aromatic N) is 1. The van der Waals surface area contributed by atoms with Crippen LogP contribution in [0.15, 0.2) is 60.7 Å². The summed E-state index contributed by atoms with van der Waals surface area (Å²) in [7, 11) is 0. The molecular formula is C19H22N2O4. The fraction of sp³-hybridized carbons (Fsp3) is 0.316. The molecule has 6 nitrogen and oxygen atoms in total. The van der Waals surface area contributed by atoms with Crippen LogP contribution in [0.1, 0.15) is 44.0 Å². The number of benzene rings is 2. The van der Waals surface area contributed by atoms with Crippen LogP contribution in [0.5, 0.6) is 0 Å². The van der Waals surface area contributed by atoms with Gasteiger partial charge in [0.1, 0.15) is 11.6 Å². The van der Waals surface area contributed by atoms with E-state index in [4.69, 9.17) is 4.74 Å². The van der Waals surface area contributed by atoms with Gasteiger partial charge in [-0.05, 0) is 26.3 Å². The lowest BCUT2D eigenvalue weighted by molar-refractivity contribution is -0.534. The van der Waals surface area contributed by atoms with Crippen molar-refractivity contribution in [3.05, 3.63) is 81.9 Å². The molecule has 0 bridgehead atoms. The Bertz CT molecular complexity index is 711. The molecule has 0 unspecified atom stereocenters. The predicted octanol–water partition coefficient (Wildman–Crippen LogP) is 4.27. The minimum absolute atomic E-state index is 0.385. The van der Waals surface area contributed by atoms with Crippen molar-refractivity contribution >= 4 is 6.09 Å². The number of nitro groups is 1. The number of nitrogens with one attached hydrogen (secondary N) is 1. The molecule has 0 aromatic heterocycles. The van der Waals surface area contributed by atoms with Crippen LogP contribution < -0.4 is 5.32 Å². The van der Waals surface area contributed by atoms with E-state index in [1.807, 2.05) is 6.07 Å². The Morgan fingerprint density at radius 3 is 1.92 bits per heavy atom. The van der Waals surface area contributed by atoms with E-state index in [0.717, 1.165) is 0 Å². The van der Waals surface area contributed by atoms with E-state index in [1.165, 1.54) is 0 Å². The van der Waals surface area contributed by atoms with Crippen molar-refractivity contribution in [3.63, 3.8) is 0 Å². The third-order valence-corrected chi connectivity index (χ3v) is 3.51. The van der Waals surface area contributed by atoms with Crippen molar-refractivity contribution in [2.24, 2.45) is 0 Å². The SMILES string of the molecule is CC(C)(C)OC(=O)N[C@@H](c1ccccc1)[C@@H](c1ccccc1)[N+](=O)[O-]. The van der Waals surface area contributed by atoms with Crippen LogP contribution in [0.4, 0.5) is 4.79 Å². The molecule has 2 atom stereocenters. The maximum absolute atomic E-state index is 12.2. The van der Waals surface area contributed by atoms with Gasteiger partial charge in [-0.1, -0.05) is 60.7 Å². The minimum atomic E-state index is -1.13. The normalized spacial score (nSPS) is 13.6. The van der Waals surface area contributed by atoms with E-state index in [-0.39, 0.29) is 4.92 Å². The molecule has 0 heterocycles. The van der Waals surface area contributed by atoms with E-state index >= 15 is 0 Å². The Hall–Kier alpha value is -2.89. The number of rotatable bonds is 5. The molecule has 0 spiro atoms. The smallest absolute Gasteiger partial charge is 0.408 e. The second-order valence-corrected chi connectivity index (χ2v) is 6.68. The highest BCUT2D eigenvalue weighted by atomic mass is 16.6. The number of carbonyl (C=O) groups excluding carboxylic acids is 1. The quantitative estimate of drug-likeness (QED) is 0.650. The Morgan fingerprint density at radius 1 is 1.00 bits per heavy atom. The molecule has 2 rings (SSSR count). The Labute approximate surface area is 147 Å². The highest BCUT2D eigenvalue weighted by Crippen LogP contribution is 2.31. The van der Waals surface area contributed by atoms with Crippen molar-refractivity contribution in [3.8, 4) is 0 Å². The average Bonchev–Trinajstić information content (AvgIpc) is 2.54. The van der Waals surface area contributed by atoms with Crippen molar-refractivity contribution in [1.82, 2.24) is 5.32 Å². The zero-order chi connectivity index (χ0) is 18.4. The van der Waals surface area contributed by atoms with E-state index in [9.17, 15) is 14.9 Å². The molecule has 132 valence electrons. The summed E-state index contributed by atoms with van der Waals surface area (Å²) in [5.74, 6) is 0. The highest BCUT2D eigenvalue weighted by Gasteiger charge is 2.36. The zero-order valence-electron chi connectivity index (χ0n) is 14.5. The van der Waals surface area contributed by atoms with Gasteiger partial charge in [0.2, 0.25) is 0 Å². The maximum Gasteiger partial charge on any atom is 0.408 e. The number of ether oxygens (including phenoxy) is 1. The van der Waals surface area contributed by atoms with Crippen LogP contribution in [0, 0.1) is 10.1 Å². The molecule has 2 aromatic carbocycles. The first kappa shape index (κ1) is 18.4. The van der Waals surface area contributed by atoms with Gasteiger partial charge in [-0.2, -0.15) is 0 Å². The van der Waals surface area contributed by atoms with Gasteiger partial charge in [-0.25, -0.2) is 4.79 Å². The molecule has 0 fully saturated rings. The van der Waals surface area contributed by atoms with Gasteiger partial charge >= 0.3 is 6.09 Å². The predicted molar refractivity (Wildman–Crippen MR) is 94.7 cm³/mol. The lowest BCUT2D eigenvalue weighted by Gasteiger charge is -2.25. The largest absolute Gasteiger partial charge is 0.444 e. The van der Waals surface area contributed by atoms with Crippen molar-refractivity contribution in [1.29, 1.82) is 0 Å². The van der Waals surface area contributed by atoms with Crippen molar-refractivity contribution < 1.29 is 14.5 Å². The van der Waals surface area contributed by atoms with Gasteiger partial charge in [0.25, 0.3) is 6.04 Å². The first-order valence-corrected chi connectivity index (χ1v) is 8.01. The summed E-state index contributed by atoms with van der Waals surface area (Å²) in [4.78, 5) is 23.7. The number of hydrogen-bond acceptors (Lipinski definition) is 4. The van der Waals surface area contributed by atoms with Crippen LogP contribution in [-0.4, -0.2) is 16.6 Å². The molecule has 2 aromatic rings. The molecular weight excluding hydrogens is 320 g/mol. The monoisotopic (exact) mass is 342 g/mol. The zero-order valence-corrected chi connectivity index (χ0v) is 14.5. The highest BCUT2D eigenvalue weighted by molar-refractivity contribution is 5.68. The van der Waals surface area contributed by atoms with Crippen LogP contribution in [0.25, 0.3) is 0 Å². The fourth-order valence-electron chi connectivity index (χ4n) is 2.53. The number of amides is 1. The minimum Gasteiger partial charge on any atom is -0.444 e. The first-order chi connectivity index (χ1) is 11.8. The van der Waals surface area contributed by atoms with Gasteiger partial charge in [0, 0.05) is 10.5 Å². The topological polar surface area (TPSA) is 81.5 Å². The van der Waals surface area contributed by atoms with Crippen molar-refractivity contribution in [2.45, 2.75) is 38.5 Å². The van der Waals surface area contributed by atoms with E-state index in [2.05, 4.69) is 5.32 Å².